The lowest BCUT2D eigenvalue weighted by atomic mass is 10.1. The summed E-state index contributed by atoms with van der Waals surface area (Å²) in [6, 6.07) is 14.0. The zero-order valence-corrected chi connectivity index (χ0v) is 14.3. The molecular weight excluding hydrogens is 300 g/mol. The van der Waals surface area contributed by atoms with Gasteiger partial charge in [0.25, 0.3) is 5.91 Å². The Kier molecular flexibility index (Phi) is 5.70. The van der Waals surface area contributed by atoms with E-state index in [1.807, 2.05) is 36.4 Å². The maximum absolute atomic E-state index is 12.2. The van der Waals surface area contributed by atoms with E-state index >= 15 is 0 Å². The highest BCUT2D eigenvalue weighted by Crippen LogP contribution is 2.21. The van der Waals surface area contributed by atoms with E-state index in [-0.39, 0.29) is 5.91 Å². The van der Waals surface area contributed by atoms with E-state index < -0.39 is 6.10 Å². The second-order valence-corrected chi connectivity index (χ2v) is 6.46. The highest BCUT2D eigenvalue weighted by Gasteiger charge is 2.15. The van der Waals surface area contributed by atoms with E-state index in [0.717, 1.165) is 30.8 Å². The summed E-state index contributed by atoms with van der Waals surface area (Å²) in [4.78, 5) is 14.6. The Morgan fingerprint density at radius 2 is 1.88 bits per heavy atom. The third kappa shape index (κ3) is 4.48. The molecular formula is C20H26N2O2. The van der Waals surface area contributed by atoms with Gasteiger partial charge in [0.05, 0.1) is 0 Å². The maximum atomic E-state index is 12.2. The molecule has 1 amide bonds. The monoisotopic (exact) mass is 326 g/mol. The Morgan fingerprint density at radius 3 is 2.67 bits per heavy atom. The fourth-order valence-corrected chi connectivity index (χ4v) is 3.16. The molecule has 0 radical (unpaired) electrons. The number of benzene rings is 2. The summed E-state index contributed by atoms with van der Waals surface area (Å²) in [6.45, 7) is 5.71. The van der Waals surface area contributed by atoms with Crippen LogP contribution >= 0.6 is 0 Å². The van der Waals surface area contributed by atoms with Gasteiger partial charge in [0.15, 0.2) is 6.10 Å². The number of amides is 1. The number of fused-ring (bicyclic) bond motifs is 1. The number of likely N-dealkylation sites (tertiary alicyclic amines) is 1. The molecule has 4 heteroatoms. The molecule has 3 rings (SSSR count). The van der Waals surface area contributed by atoms with Gasteiger partial charge >= 0.3 is 0 Å². The van der Waals surface area contributed by atoms with Crippen molar-refractivity contribution in [2.24, 2.45) is 0 Å². The molecule has 0 unspecified atom stereocenters. The van der Waals surface area contributed by atoms with Crippen molar-refractivity contribution < 1.29 is 9.53 Å². The number of hydrogen-bond donors (Lipinski definition) is 1. The second-order valence-electron chi connectivity index (χ2n) is 6.46. The van der Waals surface area contributed by atoms with Gasteiger partial charge < -0.3 is 15.0 Å². The van der Waals surface area contributed by atoms with Crippen LogP contribution in [0.15, 0.2) is 42.5 Å². The van der Waals surface area contributed by atoms with Crippen molar-refractivity contribution in [2.45, 2.75) is 32.3 Å². The summed E-state index contributed by atoms with van der Waals surface area (Å²) in [5.74, 6) is 0.674. The van der Waals surface area contributed by atoms with Crippen LogP contribution in [0.3, 0.4) is 0 Å². The molecule has 4 nitrogen and oxygen atoms in total. The van der Waals surface area contributed by atoms with Gasteiger partial charge in [-0.1, -0.05) is 36.8 Å². The van der Waals surface area contributed by atoms with Gasteiger partial charge in [-0.2, -0.15) is 0 Å². The number of piperidine rings is 1. The number of carbonyl (C=O) groups is 1. The quantitative estimate of drug-likeness (QED) is 0.886. The molecule has 1 fully saturated rings. The maximum Gasteiger partial charge on any atom is 0.260 e. The average molecular weight is 326 g/mol. The predicted octanol–water partition coefficient (Wildman–Crippen LogP) is 3.21. The van der Waals surface area contributed by atoms with Gasteiger partial charge in [-0.25, -0.2) is 0 Å². The molecule has 0 bridgehead atoms. The van der Waals surface area contributed by atoms with Crippen LogP contribution in [0.4, 0.5) is 0 Å². The van der Waals surface area contributed by atoms with Crippen molar-refractivity contribution in [1.82, 2.24) is 10.2 Å². The predicted molar refractivity (Wildman–Crippen MR) is 97.3 cm³/mol. The minimum atomic E-state index is -0.493. The van der Waals surface area contributed by atoms with Gasteiger partial charge in [0.2, 0.25) is 0 Å². The van der Waals surface area contributed by atoms with Gasteiger partial charge in [0.1, 0.15) is 5.75 Å². The van der Waals surface area contributed by atoms with Gasteiger partial charge in [-0.3, -0.25) is 4.79 Å². The van der Waals surface area contributed by atoms with E-state index in [1.165, 1.54) is 24.6 Å². The van der Waals surface area contributed by atoms with Gasteiger partial charge in [-0.05, 0) is 55.8 Å². The minimum absolute atomic E-state index is 0.0554. The first-order valence-corrected chi connectivity index (χ1v) is 8.88. The van der Waals surface area contributed by atoms with E-state index in [4.69, 9.17) is 4.74 Å². The molecule has 1 aliphatic heterocycles. The SMILES string of the molecule is C[C@@H](Oc1ccc2ccccc2c1)C(=O)NCCN1CCCCC1. The molecule has 24 heavy (non-hydrogen) atoms. The Morgan fingerprint density at radius 1 is 1.12 bits per heavy atom. The number of nitrogens with one attached hydrogen (secondary N) is 1. The molecule has 0 spiro atoms. The summed E-state index contributed by atoms with van der Waals surface area (Å²) in [6.07, 6.45) is 3.39. The van der Waals surface area contributed by atoms with Crippen molar-refractivity contribution in [3.63, 3.8) is 0 Å². The minimum Gasteiger partial charge on any atom is -0.481 e. The lowest BCUT2D eigenvalue weighted by Gasteiger charge is -2.26. The number of carbonyl (C=O) groups excluding carboxylic acids is 1. The molecule has 0 saturated carbocycles. The number of nitrogens with zero attached hydrogens (tertiary/aromatic N) is 1. The zero-order chi connectivity index (χ0) is 16.8. The number of hydrogen-bond acceptors (Lipinski definition) is 3. The smallest absolute Gasteiger partial charge is 0.260 e. The molecule has 1 heterocycles. The molecule has 1 atom stereocenters. The molecule has 0 aromatic heterocycles. The topological polar surface area (TPSA) is 41.6 Å². The summed E-state index contributed by atoms with van der Waals surface area (Å²) in [7, 11) is 0. The fraction of sp³-hybridized carbons (Fsp3) is 0.450. The van der Waals surface area contributed by atoms with Crippen molar-refractivity contribution in [3.05, 3.63) is 42.5 Å². The zero-order valence-electron chi connectivity index (χ0n) is 14.3. The summed E-state index contributed by atoms with van der Waals surface area (Å²) >= 11 is 0. The van der Waals surface area contributed by atoms with Crippen molar-refractivity contribution >= 4 is 16.7 Å². The van der Waals surface area contributed by atoms with E-state index in [0.29, 0.717) is 6.54 Å². The molecule has 0 aliphatic carbocycles. The number of rotatable bonds is 6. The lowest BCUT2D eigenvalue weighted by Crippen LogP contribution is -2.42. The van der Waals surface area contributed by atoms with Crippen LogP contribution in [0, 0.1) is 0 Å². The molecule has 2 aromatic carbocycles. The lowest BCUT2D eigenvalue weighted by molar-refractivity contribution is -0.127. The third-order valence-corrected chi connectivity index (χ3v) is 4.58. The molecule has 1 N–H and O–H groups in total. The highest BCUT2D eigenvalue weighted by atomic mass is 16.5. The van der Waals surface area contributed by atoms with Crippen LogP contribution in [-0.2, 0) is 4.79 Å². The Hall–Kier alpha value is -2.07. The van der Waals surface area contributed by atoms with E-state index in [1.54, 1.807) is 6.92 Å². The Balaban J connectivity index is 1.47. The van der Waals surface area contributed by atoms with Crippen LogP contribution < -0.4 is 10.1 Å². The first-order valence-electron chi connectivity index (χ1n) is 8.88. The van der Waals surface area contributed by atoms with Crippen LogP contribution in [0.1, 0.15) is 26.2 Å². The van der Waals surface area contributed by atoms with Crippen molar-refractivity contribution in [1.29, 1.82) is 0 Å². The van der Waals surface area contributed by atoms with E-state index in [2.05, 4.69) is 16.3 Å². The standard InChI is InChI=1S/C20H26N2O2/c1-16(20(23)21-11-14-22-12-5-2-6-13-22)24-19-10-9-17-7-3-4-8-18(17)15-19/h3-4,7-10,15-16H,2,5-6,11-14H2,1H3,(H,21,23)/t16-/m1/s1. The highest BCUT2D eigenvalue weighted by molar-refractivity contribution is 5.84. The molecule has 1 aliphatic rings. The second kappa shape index (κ2) is 8.15. The first kappa shape index (κ1) is 16.8. The summed E-state index contributed by atoms with van der Waals surface area (Å²) < 4.78 is 5.80. The normalized spacial score (nSPS) is 16.7. The summed E-state index contributed by atoms with van der Waals surface area (Å²) in [5.41, 5.74) is 0. The van der Waals surface area contributed by atoms with Gasteiger partial charge in [0, 0.05) is 13.1 Å². The fourth-order valence-electron chi connectivity index (χ4n) is 3.16. The Bertz CT molecular complexity index is 680. The van der Waals surface area contributed by atoms with Crippen LogP contribution in [-0.4, -0.2) is 43.1 Å². The largest absolute Gasteiger partial charge is 0.481 e. The average Bonchev–Trinajstić information content (AvgIpc) is 2.62. The number of ether oxygens (including phenoxy) is 1. The Labute approximate surface area is 143 Å². The summed E-state index contributed by atoms with van der Waals surface area (Å²) in [5, 5.41) is 5.27. The van der Waals surface area contributed by atoms with Crippen molar-refractivity contribution in [2.75, 3.05) is 26.2 Å². The van der Waals surface area contributed by atoms with Crippen LogP contribution in [0.2, 0.25) is 0 Å². The molecule has 2 aromatic rings. The van der Waals surface area contributed by atoms with Gasteiger partial charge in [-0.15, -0.1) is 0 Å². The van der Waals surface area contributed by atoms with E-state index in [9.17, 15) is 4.79 Å². The molecule has 128 valence electrons. The molecule has 1 saturated heterocycles. The van der Waals surface area contributed by atoms with Crippen LogP contribution in [0.5, 0.6) is 5.75 Å². The third-order valence-electron chi connectivity index (χ3n) is 4.58. The van der Waals surface area contributed by atoms with Crippen LogP contribution in [0.25, 0.3) is 10.8 Å². The van der Waals surface area contributed by atoms with Crippen molar-refractivity contribution in [3.8, 4) is 5.75 Å². The first-order chi connectivity index (χ1) is 11.7.